The van der Waals surface area contributed by atoms with Gasteiger partial charge >= 0.3 is 0 Å². The van der Waals surface area contributed by atoms with Crippen LogP contribution in [-0.2, 0) is 6.42 Å². The van der Waals surface area contributed by atoms with Crippen LogP contribution in [0.15, 0.2) is 4.99 Å². The first-order valence-corrected chi connectivity index (χ1v) is 3.75. The molecule has 0 spiro atoms. The Bertz CT molecular complexity index is 325. The SMILES string of the molecule is Cc1nc2n(n1)C(NN)=NCC2. The van der Waals surface area contributed by atoms with E-state index in [-0.39, 0.29) is 0 Å². The lowest BCUT2D eigenvalue weighted by Crippen LogP contribution is -2.39. The van der Waals surface area contributed by atoms with Crippen LogP contribution in [-0.4, -0.2) is 27.3 Å². The van der Waals surface area contributed by atoms with E-state index in [4.69, 9.17) is 5.84 Å². The number of hydrazine groups is 1. The fourth-order valence-corrected chi connectivity index (χ4v) is 1.23. The van der Waals surface area contributed by atoms with E-state index in [2.05, 4.69) is 20.5 Å². The van der Waals surface area contributed by atoms with Gasteiger partial charge in [0.15, 0.2) is 0 Å². The van der Waals surface area contributed by atoms with Crippen LogP contribution in [0.3, 0.4) is 0 Å². The van der Waals surface area contributed by atoms with Gasteiger partial charge < -0.3 is 0 Å². The number of aromatic nitrogens is 3. The van der Waals surface area contributed by atoms with E-state index < -0.39 is 0 Å². The molecule has 0 radical (unpaired) electrons. The van der Waals surface area contributed by atoms with Gasteiger partial charge in [0.05, 0.1) is 0 Å². The van der Waals surface area contributed by atoms with Crippen molar-refractivity contribution in [3.63, 3.8) is 0 Å². The zero-order chi connectivity index (χ0) is 8.55. The maximum Gasteiger partial charge on any atom is 0.235 e. The van der Waals surface area contributed by atoms with E-state index in [0.717, 1.165) is 24.6 Å². The van der Waals surface area contributed by atoms with Crippen LogP contribution in [0.2, 0.25) is 0 Å². The molecule has 1 aliphatic heterocycles. The summed E-state index contributed by atoms with van der Waals surface area (Å²) in [6, 6.07) is 0. The van der Waals surface area contributed by atoms with Crippen molar-refractivity contribution in [2.45, 2.75) is 13.3 Å². The fourth-order valence-electron chi connectivity index (χ4n) is 1.23. The Morgan fingerprint density at radius 3 is 3.17 bits per heavy atom. The van der Waals surface area contributed by atoms with Crippen molar-refractivity contribution in [1.82, 2.24) is 20.2 Å². The summed E-state index contributed by atoms with van der Waals surface area (Å²) in [5, 5.41) is 4.14. The third kappa shape index (κ3) is 0.964. The monoisotopic (exact) mass is 166 g/mol. The predicted molar refractivity (Wildman–Crippen MR) is 43.5 cm³/mol. The number of hydrogen-bond acceptors (Lipinski definition) is 5. The van der Waals surface area contributed by atoms with Crippen molar-refractivity contribution in [3.05, 3.63) is 11.6 Å². The summed E-state index contributed by atoms with van der Waals surface area (Å²) >= 11 is 0. The second-order valence-corrected chi connectivity index (χ2v) is 2.59. The van der Waals surface area contributed by atoms with Crippen LogP contribution in [0.1, 0.15) is 11.6 Å². The predicted octanol–water partition coefficient (Wildman–Crippen LogP) is -1.19. The quantitative estimate of drug-likeness (QED) is 0.375. The average molecular weight is 166 g/mol. The Morgan fingerprint density at radius 2 is 2.42 bits per heavy atom. The number of aliphatic imine (C=N–C) groups is 1. The van der Waals surface area contributed by atoms with Crippen LogP contribution < -0.4 is 11.3 Å². The molecule has 0 fully saturated rings. The molecule has 0 saturated carbocycles. The number of fused-ring (bicyclic) bond motifs is 1. The van der Waals surface area contributed by atoms with Gasteiger partial charge in [-0.05, 0) is 6.92 Å². The van der Waals surface area contributed by atoms with Crippen LogP contribution in [0.25, 0.3) is 0 Å². The molecule has 0 saturated heterocycles. The summed E-state index contributed by atoms with van der Waals surface area (Å²) in [6.07, 6.45) is 0.825. The highest BCUT2D eigenvalue weighted by Crippen LogP contribution is 2.03. The number of nitrogens with zero attached hydrogens (tertiary/aromatic N) is 4. The van der Waals surface area contributed by atoms with Crippen LogP contribution in [0, 0.1) is 6.92 Å². The maximum absolute atomic E-state index is 5.26. The standard InChI is InChI=1S/C6H10N6/c1-4-9-5-2-3-8-6(10-7)12(5)11-4/h2-3,7H2,1H3,(H,8,10). The normalized spacial score (nSPS) is 15.3. The first kappa shape index (κ1) is 7.23. The highest BCUT2D eigenvalue weighted by atomic mass is 15.5. The minimum atomic E-state index is 0.567. The Hall–Kier alpha value is -1.43. The van der Waals surface area contributed by atoms with Gasteiger partial charge in [-0.2, -0.15) is 4.68 Å². The number of aryl methyl sites for hydroxylation is 1. The van der Waals surface area contributed by atoms with Gasteiger partial charge in [0.1, 0.15) is 11.6 Å². The molecule has 12 heavy (non-hydrogen) atoms. The van der Waals surface area contributed by atoms with E-state index in [9.17, 15) is 0 Å². The molecule has 2 rings (SSSR count). The van der Waals surface area contributed by atoms with E-state index in [1.54, 1.807) is 4.68 Å². The molecule has 0 bridgehead atoms. The summed E-state index contributed by atoms with van der Waals surface area (Å²) in [5.41, 5.74) is 2.48. The third-order valence-corrected chi connectivity index (χ3v) is 1.71. The molecule has 0 aromatic carbocycles. The molecule has 1 aromatic heterocycles. The number of nitrogens with two attached hydrogens (primary N) is 1. The Labute approximate surface area is 69.5 Å². The van der Waals surface area contributed by atoms with Crippen LogP contribution in [0.4, 0.5) is 0 Å². The molecular formula is C6H10N6. The molecular weight excluding hydrogens is 156 g/mol. The van der Waals surface area contributed by atoms with Crippen molar-refractivity contribution in [3.8, 4) is 0 Å². The zero-order valence-electron chi connectivity index (χ0n) is 6.78. The Balaban J connectivity index is 2.47. The number of nitrogens with one attached hydrogen (secondary N) is 1. The van der Waals surface area contributed by atoms with Crippen molar-refractivity contribution >= 4 is 5.96 Å². The largest absolute Gasteiger partial charge is 0.293 e. The summed E-state index contributed by atoms with van der Waals surface area (Å²) < 4.78 is 1.64. The Morgan fingerprint density at radius 1 is 1.58 bits per heavy atom. The van der Waals surface area contributed by atoms with Gasteiger partial charge in [0, 0.05) is 13.0 Å². The minimum absolute atomic E-state index is 0.567. The lowest BCUT2D eigenvalue weighted by Gasteiger charge is -2.11. The highest BCUT2D eigenvalue weighted by molar-refractivity contribution is 5.81. The molecule has 1 aliphatic rings. The van der Waals surface area contributed by atoms with Crippen LogP contribution in [0.5, 0.6) is 0 Å². The van der Waals surface area contributed by atoms with Crippen molar-refractivity contribution in [2.75, 3.05) is 6.54 Å². The van der Waals surface area contributed by atoms with Gasteiger partial charge in [0.25, 0.3) is 0 Å². The number of hydrogen-bond donors (Lipinski definition) is 2. The molecule has 64 valence electrons. The molecule has 0 unspecified atom stereocenters. The Kier molecular flexibility index (Phi) is 1.54. The molecule has 2 heterocycles. The second kappa shape index (κ2) is 2.56. The topological polar surface area (TPSA) is 81.1 Å². The number of rotatable bonds is 0. The lowest BCUT2D eigenvalue weighted by molar-refractivity contribution is 0.724. The van der Waals surface area contributed by atoms with Gasteiger partial charge in [-0.25, -0.2) is 15.8 Å². The molecule has 0 atom stereocenters. The zero-order valence-corrected chi connectivity index (χ0v) is 6.78. The molecule has 0 aliphatic carbocycles. The van der Waals surface area contributed by atoms with E-state index in [1.165, 1.54) is 0 Å². The first-order valence-electron chi connectivity index (χ1n) is 3.75. The summed E-state index contributed by atoms with van der Waals surface area (Å²) in [7, 11) is 0. The smallest absolute Gasteiger partial charge is 0.235 e. The molecule has 1 aromatic rings. The van der Waals surface area contributed by atoms with Crippen molar-refractivity contribution < 1.29 is 0 Å². The minimum Gasteiger partial charge on any atom is -0.293 e. The van der Waals surface area contributed by atoms with Crippen molar-refractivity contribution in [2.24, 2.45) is 10.8 Å². The average Bonchev–Trinajstić information content (AvgIpc) is 2.44. The second-order valence-electron chi connectivity index (χ2n) is 2.59. The third-order valence-electron chi connectivity index (χ3n) is 1.71. The summed E-state index contributed by atoms with van der Waals surface area (Å²) in [4.78, 5) is 8.37. The lowest BCUT2D eigenvalue weighted by atomic mass is 10.4. The first-order chi connectivity index (χ1) is 5.81. The van der Waals surface area contributed by atoms with Gasteiger partial charge in [-0.3, -0.25) is 5.43 Å². The van der Waals surface area contributed by atoms with Gasteiger partial charge in [-0.15, -0.1) is 5.10 Å². The fraction of sp³-hybridized carbons (Fsp3) is 0.500. The van der Waals surface area contributed by atoms with Crippen LogP contribution >= 0.6 is 0 Å². The van der Waals surface area contributed by atoms with Crippen molar-refractivity contribution in [1.29, 1.82) is 0 Å². The molecule has 3 N–H and O–H groups in total. The maximum atomic E-state index is 5.26. The summed E-state index contributed by atoms with van der Waals surface area (Å²) in [6.45, 7) is 2.57. The van der Waals surface area contributed by atoms with E-state index in [0.29, 0.717) is 5.96 Å². The van der Waals surface area contributed by atoms with Gasteiger partial charge in [-0.1, -0.05) is 0 Å². The van der Waals surface area contributed by atoms with Gasteiger partial charge in [0.2, 0.25) is 5.96 Å². The molecule has 6 heteroatoms. The van der Waals surface area contributed by atoms with E-state index in [1.807, 2.05) is 6.92 Å². The molecule has 6 nitrogen and oxygen atoms in total. The highest BCUT2D eigenvalue weighted by Gasteiger charge is 2.15. The summed E-state index contributed by atoms with van der Waals surface area (Å²) in [5.74, 6) is 7.48. The van der Waals surface area contributed by atoms with E-state index >= 15 is 0 Å². The molecule has 0 amide bonds.